The first-order chi connectivity index (χ1) is 12.5. The molecule has 1 aromatic heterocycles. The molecule has 6 nitrogen and oxygen atoms in total. The van der Waals surface area contributed by atoms with Crippen molar-refractivity contribution in [3.63, 3.8) is 0 Å². The van der Waals surface area contributed by atoms with E-state index in [4.69, 9.17) is 11.6 Å². The van der Waals surface area contributed by atoms with Gasteiger partial charge < -0.3 is 10.6 Å². The molecule has 0 aliphatic rings. The highest BCUT2D eigenvalue weighted by atomic mass is 35.5. The van der Waals surface area contributed by atoms with Crippen LogP contribution < -0.4 is 10.6 Å². The third-order valence-corrected chi connectivity index (χ3v) is 3.89. The number of amides is 2. The lowest BCUT2D eigenvalue weighted by Gasteiger charge is -2.07. The molecule has 2 aromatic carbocycles. The zero-order chi connectivity index (χ0) is 18.5. The Balaban J connectivity index is 1.61. The number of nitrogens with one attached hydrogen (secondary N) is 2. The van der Waals surface area contributed by atoms with Gasteiger partial charge in [0.05, 0.1) is 18.4 Å². The van der Waals surface area contributed by atoms with Crippen LogP contribution in [0, 0.1) is 0 Å². The van der Waals surface area contributed by atoms with Crippen molar-refractivity contribution in [1.82, 2.24) is 9.78 Å². The van der Waals surface area contributed by atoms with Crippen molar-refractivity contribution in [2.75, 3.05) is 10.6 Å². The monoisotopic (exact) mass is 368 g/mol. The topological polar surface area (TPSA) is 76.0 Å². The van der Waals surface area contributed by atoms with E-state index >= 15 is 0 Å². The normalized spacial score (nSPS) is 10.4. The summed E-state index contributed by atoms with van der Waals surface area (Å²) in [7, 11) is 0. The number of anilines is 2. The van der Waals surface area contributed by atoms with Crippen molar-refractivity contribution in [2.45, 2.75) is 13.5 Å². The maximum atomic E-state index is 12.1. The van der Waals surface area contributed by atoms with Gasteiger partial charge in [0.25, 0.3) is 0 Å². The molecule has 0 saturated carbocycles. The highest BCUT2D eigenvalue weighted by Gasteiger charge is 2.07. The Morgan fingerprint density at radius 2 is 1.85 bits per heavy atom. The molecule has 0 fully saturated rings. The number of aromatic nitrogens is 2. The number of urea groups is 1. The van der Waals surface area contributed by atoms with E-state index in [9.17, 15) is 9.59 Å². The van der Waals surface area contributed by atoms with Crippen molar-refractivity contribution >= 4 is 34.8 Å². The Hall–Kier alpha value is -3.12. The zero-order valence-corrected chi connectivity index (χ0v) is 14.8. The number of Topliss-reactive ketones (excluding diaryl/α,β-unsaturated/α-hetero) is 1. The Morgan fingerprint density at radius 3 is 2.62 bits per heavy atom. The summed E-state index contributed by atoms with van der Waals surface area (Å²) in [6.07, 6.45) is 3.29. The third-order valence-electron chi connectivity index (χ3n) is 3.65. The van der Waals surface area contributed by atoms with Gasteiger partial charge in [0.1, 0.15) is 0 Å². The molecular weight excluding hydrogens is 352 g/mol. The van der Waals surface area contributed by atoms with Gasteiger partial charge in [-0.25, -0.2) is 4.79 Å². The van der Waals surface area contributed by atoms with Gasteiger partial charge in [0.2, 0.25) is 0 Å². The van der Waals surface area contributed by atoms with Crippen LogP contribution in [0.3, 0.4) is 0 Å². The van der Waals surface area contributed by atoms with Crippen LogP contribution in [0.1, 0.15) is 22.8 Å². The number of benzene rings is 2. The summed E-state index contributed by atoms with van der Waals surface area (Å²) in [5.74, 6) is -0.0589. The fourth-order valence-corrected chi connectivity index (χ4v) is 2.66. The molecule has 0 spiro atoms. The zero-order valence-electron chi connectivity index (χ0n) is 14.1. The molecule has 1 heterocycles. The second-order valence-corrected chi connectivity index (χ2v) is 6.21. The van der Waals surface area contributed by atoms with Gasteiger partial charge in [-0.1, -0.05) is 35.9 Å². The summed E-state index contributed by atoms with van der Waals surface area (Å²) in [5.41, 5.74) is 2.66. The molecule has 0 radical (unpaired) electrons. The fraction of sp³-hybridized carbons (Fsp3) is 0.105. The second kappa shape index (κ2) is 7.84. The van der Waals surface area contributed by atoms with Gasteiger partial charge in [0, 0.05) is 22.5 Å². The SMILES string of the molecule is CC(=O)c1cccc(NC(=O)Nc2cnn(Cc3cccc(Cl)c3)c2)c1. The van der Waals surface area contributed by atoms with Crippen LogP contribution in [-0.2, 0) is 6.54 Å². The first-order valence-electron chi connectivity index (χ1n) is 7.95. The maximum absolute atomic E-state index is 12.1. The van der Waals surface area contributed by atoms with Crippen molar-refractivity contribution < 1.29 is 9.59 Å². The fourth-order valence-electron chi connectivity index (χ4n) is 2.45. The quantitative estimate of drug-likeness (QED) is 0.654. The molecule has 2 amide bonds. The number of hydrogen-bond donors (Lipinski definition) is 2. The number of carbonyl (C=O) groups excluding carboxylic acids is 2. The van der Waals surface area contributed by atoms with Crippen molar-refractivity contribution in [3.8, 4) is 0 Å². The van der Waals surface area contributed by atoms with E-state index in [2.05, 4.69) is 15.7 Å². The van der Waals surface area contributed by atoms with E-state index in [1.54, 1.807) is 41.3 Å². The summed E-state index contributed by atoms with van der Waals surface area (Å²) in [6, 6.07) is 13.9. The molecule has 0 atom stereocenters. The van der Waals surface area contributed by atoms with Crippen LogP contribution in [0.5, 0.6) is 0 Å². The molecular formula is C19H17ClN4O2. The number of carbonyl (C=O) groups is 2. The molecule has 0 aliphatic heterocycles. The van der Waals surface area contributed by atoms with Gasteiger partial charge in [0.15, 0.2) is 5.78 Å². The predicted molar refractivity (Wildman–Crippen MR) is 102 cm³/mol. The summed E-state index contributed by atoms with van der Waals surface area (Å²) in [6.45, 7) is 2.03. The van der Waals surface area contributed by atoms with E-state index < -0.39 is 6.03 Å². The number of rotatable bonds is 5. The molecule has 2 N–H and O–H groups in total. The van der Waals surface area contributed by atoms with Gasteiger partial charge in [-0.15, -0.1) is 0 Å². The summed E-state index contributed by atoms with van der Waals surface area (Å²) < 4.78 is 1.71. The number of ketones is 1. The molecule has 26 heavy (non-hydrogen) atoms. The molecule has 3 rings (SSSR count). The minimum absolute atomic E-state index is 0.0589. The predicted octanol–water partition coefficient (Wildman–Crippen LogP) is 4.43. The Kier molecular flexibility index (Phi) is 5.34. The van der Waals surface area contributed by atoms with Crippen LogP contribution in [-0.4, -0.2) is 21.6 Å². The molecule has 7 heteroatoms. The lowest BCUT2D eigenvalue weighted by Crippen LogP contribution is -2.19. The summed E-state index contributed by atoms with van der Waals surface area (Å²) in [4.78, 5) is 23.5. The summed E-state index contributed by atoms with van der Waals surface area (Å²) in [5, 5.41) is 10.3. The second-order valence-electron chi connectivity index (χ2n) is 5.77. The van der Waals surface area contributed by atoms with Crippen molar-refractivity contribution in [1.29, 1.82) is 0 Å². The van der Waals surface area contributed by atoms with E-state index in [0.29, 0.717) is 28.5 Å². The minimum atomic E-state index is -0.409. The van der Waals surface area contributed by atoms with Gasteiger partial charge in [-0.2, -0.15) is 5.10 Å². The van der Waals surface area contributed by atoms with E-state index in [0.717, 1.165) is 5.56 Å². The Morgan fingerprint density at radius 1 is 1.08 bits per heavy atom. The molecule has 3 aromatic rings. The highest BCUT2D eigenvalue weighted by Crippen LogP contribution is 2.14. The van der Waals surface area contributed by atoms with Gasteiger partial charge in [-0.3, -0.25) is 9.48 Å². The van der Waals surface area contributed by atoms with Crippen LogP contribution in [0.2, 0.25) is 5.02 Å². The standard InChI is InChI=1S/C19H17ClN4O2/c1-13(25)15-5-3-7-17(9-15)22-19(26)23-18-10-21-24(12-18)11-14-4-2-6-16(20)8-14/h2-10,12H,11H2,1H3,(H2,22,23,26). The maximum Gasteiger partial charge on any atom is 0.323 e. The van der Waals surface area contributed by atoms with Crippen LogP contribution in [0.15, 0.2) is 60.9 Å². The average Bonchev–Trinajstić information content (AvgIpc) is 3.01. The molecule has 0 aliphatic carbocycles. The lowest BCUT2D eigenvalue weighted by atomic mass is 10.1. The molecule has 132 valence electrons. The van der Waals surface area contributed by atoms with Crippen LogP contribution in [0.4, 0.5) is 16.2 Å². The van der Waals surface area contributed by atoms with Crippen LogP contribution >= 0.6 is 11.6 Å². The third kappa shape index (κ3) is 4.70. The molecule has 0 bridgehead atoms. The summed E-state index contributed by atoms with van der Waals surface area (Å²) >= 11 is 5.98. The first-order valence-corrected chi connectivity index (χ1v) is 8.33. The number of nitrogens with zero attached hydrogens (tertiary/aromatic N) is 2. The Labute approximate surface area is 155 Å². The van der Waals surface area contributed by atoms with Crippen molar-refractivity contribution in [3.05, 3.63) is 77.1 Å². The van der Waals surface area contributed by atoms with Gasteiger partial charge in [-0.05, 0) is 36.8 Å². The highest BCUT2D eigenvalue weighted by molar-refractivity contribution is 6.30. The lowest BCUT2D eigenvalue weighted by molar-refractivity contribution is 0.101. The smallest absolute Gasteiger partial charge is 0.308 e. The van der Waals surface area contributed by atoms with Crippen molar-refractivity contribution in [2.24, 2.45) is 0 Å². The number of halogens is 1. The van der Waals surface area contributed by atoms with Crippen LogP contribution in [0.25, 0.3) is 0 Å². The van der Waals surface area contributed by atoms with E-state index in [1.807, 2.05) is 24.3 Å². The molecule has 0 unspecified atom stereocenters. The Bertz CT molecular complexity index is 952. The van der Waals surface area contributed by atoms with E-state index in [1.165, 1.54) is 6.92 Å². The largest absolute Gasteiger partial charge is 0.323 e. The first kappa shape index (κ1) is 17.7. The van der Waals surface area contributed by atoms with E-state index in [-0.39, 0.29) is 5.78 Å². The molecule has 0 saturated heterocycles. The van der Waals surface area contributed by atoms with Gasteiger partial charge >= 0.3 is 6.03 Å². The average molecular weight is 369 g/mol. The minimum Gasteiger partial charge on any atom is -0.308 e. The number of hydrogen-bond acceptors (Lipinski definition) is 3.